The molecule has 2 atom stereocenters. The minimum atomic E-state index is -1.28. The van der Waals surface area contributed by atoms with Gasteiger partial charge in [0.15, 0.2) is 0 Å². The van der Waals surface area contributed by atoms with Crippen molar-refractivity contribution in [2.45, 2.75) is 23.8 Å². The van der Waals surface area contributed by atoms with E-state index in [-0.39, 0.29) is 5.75 Å². The molecule has 0 radical (unpaired) electrons. The van der Waals surface area contributed by atoms with Gasteiger partial charge in [-0.2, -0.15) is 0 Å². The molecular weight excluding hydrogens is 304 g/mol. The molecule has 1 N–H and O–H groups in total. The predicted molar refractivity (Wildman–Crippen MR) is 95.9 cm³/mol. The molecule has 0 aliphatic carbocycles. The normalized spacial score (nSPS) is 15.2. The van der Waals surface area contributed by atoms with Crippen molar-refractivity contribution in [3.63, 3.8) is 0 Å². The van der Waals surface area contributed by atoms with E-state index in [2.05, 4.69) is 0 Å². The Balaban J connectivity index is 1.97. The maximum Gasteiger partial charge on any atom is 0.101 e. The molecule has 3 aromatic carbocycles. The Morgan fingerprint density at radius 3 is 2.30 bits per heavy atom. The molecule has 3 heteroatoms. The van der Waals surface area contributed by atoms with Crippen LogP contribution in [0.15, 0.2) is 77.7 Å². The van der Waals surface area contributed by atoms with E-state index in [1.54, 1.807) is 0 Å². The zero-order valence-electron chi connectivity index (χ0n) is 13.1. The Morgan fingerprint density at radius 2 is 1.57 bits per heavy atom. The molecule has 0 heterocycles. The highest BCUT2D eigenvalue weighted by atomic mass is 32.2. The monoisotopic (exact) mass is 324 g/mol. The highest BCUT2D eigenvalue weighted by Crippen LogP contribution is 2.29. The van der Waals surface area contributed by atoms with E-state index in [9.17, 15) is 9.32 Å². The van der Waals surface area contributed by atoms with E-state index in [0.717, 1.165) is 21.2 Å². The van der Waals surface area contributed by atoms with Gasteiger partial charge in [-0.05, 0) is 28.8 Å². The average molecular weight is 324 g/mol. The first-order chi connectivity index (χ1) is 11.1. The second kappa shape index (κ2) is 6.65. The Bertz CT molecular complexity index is 824. The Labute approximate surface area is 139 Å². The lowest BCUT2D eigenvalue weighted by molar-refractivity contribution is 0.0574. The van der Waals surface area contributed by atoms with E-state index in [1.807, 2.05) is 79.7 Å². The van der Waals surface area contributed by atoms with Crippen molar-refractivity contribution in [1.29, 1.82) is 0 Å². The summed E-state index contributed by atoms with van der Waals surface area (Å²) >= 11 is 0. The highest BCUT2D eigenvalue weighted by Gasteiger charge is 2.30. The zero-order valence-corrected chi connectivity index (χ0v) is 13.9. The standard InChI is InChI=1S/C20H20O2S/c1-2-20(21,17-11-4-3-5-12-17)15-23(22)19-14-8-10-16-9-6-7-13-18(16)19/h3-14,21H,2,15H2,1H3/t20-,23-/m1/s1. The quantitative estimate of drug-likeness (QED) is 0.762. The maximum atomic E-state index is 13.0. The third-order valence-corrected chi connectivity index (χ3v) is 5.85. The van der Waals surface area contributed by atoms with Gasteiger partial charge in [-0.25, -0.2) is 0 Å². The van der Waals surface area contributed by atoms with Gasteiger partial charge in [-0.1, -0.05) is 73.7 Å². The van der Waals surface area contributed by atoms with Crippen LogP contribution >= 0.6 is 0 Å². The first-order valence-corrected chi connectivity index (χ1v) is 9.10. The van der Waals surface area contributed by atoms with E-state index in [1.165, 1.54) is 0 Å². The minimum absolute atomic E-state index is 0.196. The van der Waals surface area contributed by atoms with Gasteiger partial charge >= 0.3 is 0 Å². The summed E-state index contributed by atoms with van der Waals surface area (Å²) in [6.07, 6.45) is 0.521. The summed E-state index contributed by atoms with van der Waals surface area (Å²) in [4.78, 5) is 0.783. The van der Waals surface area contributed by atoms with Crippen LogP contribution in [0.25, 0.3) is 10.8 Å². The molecule has 0 aliphatic rings. The number of fused-ring (bicyclic) bond motifs is 1. The van der Waals surface area contributed by atoms with Gasteiger partial charge in [0, 0.05) is 4.90 Å². The smallest absolute Gasteiger partial charge is 0.101 e. The van der Waals surface area contributed by atoms with E-state index in [0.29, 0.717) is 6.42 Å². The Morgan fingerprint density at radius 1 is 0.913 bits per heavy atom. The van der Waals surface area contributed by atoms with Gasteiger partial charge in [0.05, 0.1) is 16.6 Å². The van der Waals surface area contributed by atoms with Crippen LogP contribution in [0.3, 0.4) is 0 Å². The lowest BCUT2D eigenvalue weighted by Gasteiger charge is -2.27. The van der Waals surface area contributed by atoms with Crippen LogP contribution < -0.4 is 0 Å². The Kier molecular flexibility index (Phi) is 4.60. The second-order valence-electron chi connectivity index (χ2n) is 5.72. The van der Waals surface area contributed by atoms with Crippen LogP contribution in [0, 0.1) is 0 Å². The van der Waals surface area contributed by atoms with Crippen molar-refractivity contribution in [3.05, 3.63) is 78.4 Å². The summed E-state index contributed by atoms with van der Waals surface area (Å²) in [5.74, 6) is 0.196. The van der Waals surface area contributed by atoms with E-state index < -0.39 is 16.4 Å². The summed E-state index contributed by atoms with van der Waals surface area (Å²) in [6.45, 7) is 1.92. The van der Waals surface area contributed by atoms with Gasteiger partial charge in [0.2, 0.25) is 0 Å². The molecule has 0 aliphatic heterocycles. The summed E-state index contributed by atoms with van der Waals surface area (Å²) in [5, 5.41) is 13.1. The van der Waals surface area contributed by atoms with Crippen LogP contribution in [-0.2, 0) is 16.4 Å². The number of hydrogen-bond acceptors (Lipinski definition) is 2. The summed E-state index contributed by atoms with van der Waals surface area (Å²) in [6, 6.07) is 23.2. The molecule has 0 aromatic heterocycles. The summed E-state index contributed by atoms with van der Waals surface area (Å²) in [5.41, 5.74) is -0.264. The molecule has 0 unspecified atom stereocenters. The summed E-state index contributed by atoms with van der Waals surface area (Å²) < 4.78 is 13.0. The van der Waals surface area contributed by atoms with Gasteiger partial charge in [-0.15, -0.1) is 0 Å². The molecule has 23 heavy (non-hydrogen) atoms. The maximum absolute atomic E-state index is 13.0. The predicted octanol–water partition coefficient (Wildman–Crippen LogP) is 4.25. The van der Waals surface area contributed by atoms with E-state index in [4.69, 9.17) is 0 Å². The van der Waals surface area contributed by atoms with Crippen molar-refractivity contribution in [2.75, 3.05) is 5.75 Å². The van der Waals surface area contributed by atoms with Crippen molar-refractivity contribution < 1.29 is 9.32 Å². The first kappa shape index (κ1) is 15.9. The van der Waals surface area contributed by atoms with Crippen molar-refractivity contribution in [1.82, 2.24) is 0 Å². The van der Waals surface area contributed by atoms with Crippen molar-refractivity contribution >= 4 is 21.6 Å². The topological polar surface area (TPSA) is 37.3 Å². The molecule has 0 saturated heterocycles. The zero-order chi connectivity index (χ0) is 16.3. The Hall–Kier alpha value is -1.97. The lowest BCUT2D eigenvalue weighted by atomic mass is 9.93. The number of rotatable bonds is 5. The largest absolute Gasteiger partial charge is 0.384 e. The molecule has 3 aromatic rings. The third kappa shape index (κ3) is 3.21. The van der Waals surface area contributed by atoms with Gasteiger partial charge in [-0.3, -0.25) is 4.21 Å². The third-order valence-electron chi connectivity index (χ3n) is 4.26. The van der Waals surface area contributed by atoms with Gasteiger partial charge in [0.1, 0.15) is 5.60 Å². The van der Waals surface area contributed by atoms with E-state index >= 15 is 0 Å². The lowest BCUT2D eigenvalue weighted by Crippen LogP contribution is -2.31. The molecule has 3 rings (SSSR count). The van der Waals surface area contributed by atoms with Crippen molar-refractivity contribution in [3.8, 4) is 0 Å². The first-order valence-electron chi connectivity index (χ1n) is 7.78. The molecular formula is C20H20O2S. The highest BCUT2D eigenvalue weighted by molar-refractivity contribution is 7.85. The fourth-order valence-corrected chi connectivity index (χ4v) is 4.45. The molecule has 0 fully saturated rings. The fraction of sp³-hybridized carbons (Fsp3) is 0.200. The number of benzene rings is 3. The van der Waals surface area contributed by atoms with Crippen LogP contribution in [0.1, 0.15) is 18.9 Å². The molecule has 118 valence electrons. The SMILES string of the molecule is CC[C@@](O)(C[S@@](=O)c1cccc2ccccc12)c1ccccc1. The fourth-order valence-electron chi connectivity index (χ4n) is 2.83. The van der Waals surface area contributed by atoms with Crippen LogP contribution in [0.4, 0.5) is 0 Å². The molecule has 0 amide bonds. The summed E-state index contributed by atoms with van der Waals surface area (Å²) in [7, 11) is -1.28. The van der Waals surface area contributed by atoms with Crippen molar-refractivity contribution in [2.24, 2.45) is 0 Å². The number of aliphatic hydroxyl groups is 1. The average Bonchev–Trinajstić information content (AvgIpc) is 2.61. The van der Waals surface area contributed by atoms with Gasteiger partial charge < -0.3 is 5.11 Å². The van der Waals surface area contributed by atoms with Crippen LogP contribution in [-0.4, -0.2) is 15.1 Å². The van der Waals surface area contributed by atoms with Crippen LogP contribution in [0.2, 0.25) is 0 Å². The molecule has 0 saturated carbocycles. The molecule has 0 spiro atoms. The number of hydrogen-bond donors (Lipinski definition) is 1. The second-order valence-corrected chi connectivity index (χ2v) is 7.14. The molecule has 0 bridgehead atoms. The van der Waals surface area contributed by atoms with Crippen LogP contribution in [0.5, 0.6) is 0 Å². The van der Waals surface area contributed by atoms with Gasteiger partial charge in [0.25, 0.3) is 0 Å². The minimum Gasteiger partial charge on any atom is -0.384 e. The molecule has 2 nitrogen and oxygen atoms in total.